The van der Waals surface area contributed by atoms with E-state index in [4.69, 9.17) is 0 Å². The summed E-state index contributed by atoms with van der Waals surface area (Å²) in [4.78, 5) is 2.46. The first kappa shape index (κ1) is 16.9. The highest BCUT2D eigenvalue weighted by molar-refractivity contribution is 9.10. The summed E-state index contributed by atoms with van der Waals surface area (Å²) >= 11 is 5.00. The molecule has 0 amide bonds. The molecule has 21 heavy (non-hydrogen) atoms. The van der Waals surface area contributed by atoms with Gasteiger partial charge in [-0.15, -0.1) is 12.4 Å². The molecule has 1 aromatic heterocycles. The van der Waals surface area contributed by atoms with E-state index in [9.17, 15) is 4.39 Å². The molecule has 0 bridgehead atoms. The molecule has 2 nitrogen and oxygen atoms in total. The molecule has 1 N–H and O–H groups in total. The van der Waals surface area contributed by atoms with Gasteiger partial charge in [0.2, 0.25) is 0 Å². The van der Waals surface area contributed by atoms with Crippen LogP contribution in [-0.2, 0) is 0 Å². The highest BCUT2D eigenvalue weighted by atomic mass is 79.9. The minimum absolute atomic E-state index is 0. The number of benzene rings is 1. The van der Waals surface area contributed by atoms with Crippen LogP contribution in [0.5, 0.6) is 0 Å². The first-order valence-electron chi connectivity index (χ1n) is 6.67. The van der Waals surface area contributed by atoms with Gasteiger partial charge in [-0.2, -0.15) is 11.3 Å². The number of rotatable bonds is 3. The fraction of sp³-hybridized carbons (Fsp3) is 0.333. The lowest BCUT2D eigenvalue weighted by molar-refractivity contribution is 0.198. The van der Waals surface area contributed by atoms with Crippen LogP contribution < -0.4 is 5.32 Å². The minimum atomic E-state index is -0.210. The van der Waals surface area contributed by atoms with E-state index in [0.29, 0.717) is 4.47 Å². The summed E-state index contributed by atoms with van der Waals surface area (Å²) in [7, 11) is 0. The van der Waals surface area contributed by atoms with Crippen LogP contribution in [0.25, 0.3) is 0 Å². The summed E-state index contributed by atoms with van der Waals surface area (Å²) in [6, 6.07) is 7.71. The van der Waals surface area contributed by atoms with Gasteiger partial charge in [0.25, 0.3) is 0 Å². The smallest absolute Gasteiger partial charge is 0.137 e. The quantitative estimate of drug-likeness (QED) is 0.848. The van der Waals surface area contributed by atoms with Crippen molar-refractivity contribution in [1.29, 1.82) is 0 Å². The predicted octanol–water partition coefficient (Wildman–Crippen LogP) is 4.07. The van der Waals surface area contributed by atoms with Gasteiger partial charge in [0.1, 0.15) is 5.82 Å². The molecule has 2 aromatic rings. The fourth-order valence-electron chi connectivity index (χ4n) is 2.67. The second kappa shape index (κ2) is 7.70. The number of nitrogens with zero attached hydrogens (tertiary/aromatic N) is 1. The number of nitrogens with one attached hydrogen (secondary N) is 1. The van der Waals surface area contributed by atoms with Crippen LogP contribution >= 0.6 is 39.7 Å². The molecule has 6 heteroatoms. The number of hydrogen-bond acceptors (Lipinski definition) is 3. The number of hydrogen-bond donors (Lipinski definition) is 1. The summed E-state index contributed by atoms with van der Waals surface area (Å²) in [6.07, 6.45) is 0. The van der Waals surface area contributed by atoms with E-state index in [2.05, 4.69) is 43.0 Å². The second-order valence-corrected chi connectivity index (χ2v) is 6.55. The van der Waals surface area contributed by atoms with E-state index in [1.807, 2.05) is 12.1 Å². The molecule has 0 unspecified atom stereocenters. The van der Waals surface area contributed by atoms with E-state index in [0.717, 1.165) is 31.7 Å². The molecule has 3 rings (SSSR count). The fourth-order valence-corrected chi connectivity index (χ4v) is 3.74. The van der Waals surface area contributed by atoms with Crippen molar-refractivity contribution in [3.63, 3.8) is 0 Å². The van der Waals surface area contributed by atoms with Crippen molar-refractivity contribution in [2.75, 3.05) is 26.2 Å². The molecule has 1 saturated heterocycles. The molecule has 0 saturated carbocycles. The van der Waals surface area contributed by atoms with Gasteiger partial charge in [-0.05, 0) is 56.0 Å². The van der Waals surface area contributed by atoms with Gasteiger partial charge in [-0.25, -0.2) is 4.39 Å². The molecule has 0 radical (unpaired) electrons. The van der Waals surface area contributed by atoms with Crippen LogP contribution in [0.3, 0.4) is 0 Å². The molecule has 0 aliphatic carbocycles. The lowest BCUT2D eigenvalue weighted by atomic mass is 9.99. The van der Waals surface area contributed by atoms with Crippen molar-refractivity contribution >= 4 is 39.7 Å². The monoisotopic (exact) mass is 390 g/mol. The highest BCUT2D eigenvalue weighted by Crippen LogP contribution is 2.32. The average Bonchev–Trinajstić information content (AvgIpc) is 2.98. The maximum absolute atomic E-state index is 13.5. The maximum Gasteiger partial charge on any atom is 0.137 e. The van der Waals surface area contributed by atoms with Crippen LogP contribution in [0.4, 0.5) is 4.39 Å². The molecule has 1 aliphatic rings. The van der Waals surface area contributed by atoms with Crippen molar-refractivity contribution in [2.24, 2.45) is 0 Å². The van der Waals surface area contributed by atoms with Crippen molar-refractivity contribution in [1.82, 2.24) is 10.2 Å². The molecule has 1 fully saturated rings. The summed E-state index contributed by atoms with van der Waals surface area (Å²) in [6.45, 7) is 4.02. The molecule has 0 spiro atoms. The van der Waals surface area contributed by atoms with Gasteiger partial charge in [0.05, 0.1) is 10.5 Å². The molecular weight excluding hydrogens is 375 g/mol. The summed E-state index contributed by atoms with van der Waals surface area (Å²) in [5.74, 6) is -0.210. The zero-order chi connectivity index (χ0) is 13.9. The second-order valence-electron chi connectivity index (χ2n) is 4.92. The Balaban J connectivity index is 0.00000161. The predicted molar refractivity (Wildman–Crippen MR) is 92.0 cm³/mol. The summed E-state index contributed by atoms with van der Waals surface area (Å²) < 4.78 is 14.0. The third-order valence-electron chi connectivity index (χ3n) is 3.64. The maximum atomic E-state index is 13.5. The lowest BCUT2D eigenvalue weighted by Gasteiger charge is -2.35. The molecule has 114 valence electrons. The molecule has 1 aromatic carbocycles. The van der Waals surface area contributed by atoms with E-state index < -0.39 is 0 Å². The van der Waals surface area contributed by atoms with E-state index in [1.54, 1.807) is 17.4 Å². The first-order valence-corrected chi connectivity index (χ1v) is 8.41. The normalized spacial score (nSPS) is 17.2. The third kappa shape index (κ3) is 3.85. The van der Waals surface area contributed by atoms with Crippen molar-refractivity contribution in [2.45, 2.75) is 6.04 Å². The highest BCUT2D eigenvalue weighted by Gasteiger charge is 2.24. The number of thiophene rings is 1. The van der Waals surface area contributed by atoms with Crippen molar-refractivity contribution < 1.29 is 4.39 Å². The standard InChI is InChI=1S/C15H16BrFN2S.ClH/c16-13-9-11(1-2-14(13)17)15(12-3-8-20-10-12)19-6-4-18-5-7-19;/h1-3,8-10,15,18H,4-7H2;1H/t15-;/m0./s1. The van der Waals surface area contributed by atoms with Crippen molar-refractivity contribution in [3.8, 4) is 0 Å². The van der Waals surface area contributed by atoms with Crippen LogP contribution in [0.2, 0.25) is 0 Å². The van der Waals surface area contributed by atoms with E-state index >= 15 is 0 Å². The van der Waals surface area contributed by atoms with Crippen LogP contribution in [0.1, 0.15) is 17.2 Å². The van der Waals surface area contributed by atoms with Crippen LogP contribution in [-0.4, -0.2) is 31.1 Å². The number of piperazine rings is 1. The Labute approximate surface area is 142 Å². The Hall–Kier alpha value is -0.460. The van der Waals surface area contributed by atoms with E-state index in [1.165, 1.54) is 5.56 Å². The van der Waals surface area contributed by atoms with Crippen LogP contribution in [0, 0.1) is 5.82 Å². The Morgan fingerprint density at radius 3 is 2.57 bits per heavy atom. The van der Waals surface area contributed by atoms with Gasteiger partial charge < -0.3 is 5.32 Å². The van der Waals surface area contributed by atoms with Crippen molar-refractivity contribution in [3.05, 3.63) is 56.4 Å². The molecule has 2 heterocycles. The topological polar surface area (TPSA) is 15.3 Å². The molecule has 1 atom stereocenters. The minimum Gasteiger partial charge on any atom is -0.314 e. The third-order valence-corrected chi connectivity index (χ3v) is 4.94. The summed E-state index contributed by atoms with van der Waals surface area (Å²) in [5, 5.41) is 7.66. The number of halogens is 3. The van der Waals surface area contributed by atoms with Gasteiger partial charge in [0, 0.05) is 26.2 Å². The molecular formula is C15H17BrClFN2S. The van der Waals surface area contributed by atoms with Crippen LogP contribution in [0.15, 0.2) is 39.5 Å². The Morgan fingerprint density at radius 2 is 1.95 bits per heavy atom. The van der Waals surface area contributed by atoms with Gasteiger partial charge in [0.15, 0.2) is 0 Å². The first-order chi connectivity index (χ1) is 9.75. The Kier molecular flexibility index (Phi) is 6.20. The zero-order valence-corrected chi connectivity index (χ0v) is 14.6. The Morgan fingerprint density at radius 1 is 1.19 bits per heavy atom. The van der Waals surface area contributed by atoms with E-state index in [-0.39, 0.29) is 24.3 Å². The van der Waals surface area contributed by atoms with Gasteiger partial charge >= 0.3 is 0 Å². The SMILES string of the molecule is Cl.Fc1ccc([C@@H](c2ccsc2)N2CCNCC2)cc1Br. The summed E-state index contributed by atoms with van der Waals surface area (Å²) in [5.41, 5.74) is 2.42. The zero-order valence-electron chi connectivity index (χ0n) is 11.4. The lowest BCUT2D eigenvalue weighted by Crippen LogP contribution is -2.45. The molecule has 1 aliphatic heterocycles. The van der Waals surface area contributed by atoms with Gasteiger partial charge in [-0.3, -0.25) is 4.90 Å². The average molecular weight is 392 g/mol. The Bertz CT molecular complexity index is 573. The van der Waals surface area contributed by atoms with Gasteiger partial charge in [-0.1, -0.05) is 6.07 Å². The largest absolute Gasteiger partial charge is 0.314 e.